The van der Waals surface area contributed by atoms with Crippen molar-refractivity contribution >= 4 is 22.5 Å². The van der Waals surface area contributed by atoms with Crippen LogP contribution < -0.4 is 5.32 Å². The van der Waals surface area contributed by atoms with Crippen LogP contribution in [0.5, 0.6) is 0 Å². The number of aryl methyl sites for hydroxylation is 1. The standard InChI is InChI=1S/C12H11N5O/c1-17-7-11(15-16-17)12(18)14-10-4-2-3-9-8(10)5-6-13-9/h2-7,13H,1H3,(H,14,18). The molecule has 6 nitrogen and oxygen atoms in total. The smallest absolute Gasteiger partial charge is 0.277 e. The lowest BCUT2D eigenvalue weighted by Gasteiger charge is -2.04. The van der Waals surface area contributed by atoms with Gasteiger partial charge in [-0.3, -0.25) is 9.48 Å². The number of hydrogen-bond donors (Lipinski definition) is 2. The summed E-state index contributed by atoms with van der Waals surface area (Å²) in [5, 5.41) is 11.3. The van der Waals surface area contributed by atoms with Crippen molar-refractivity contribution in [3.63, 3.8) is 0 Å². The summed E-state index contributed by atoms with van der Waals surface area (Å²) in [7, 11) is 1.72. The first-order valence-electron chi connectivity index (χ1n) is 5.48. The lowest BCUT2D eigenvalue weighted by atomic mass is 10.2. The Kier molecular flexibility index (Phi) is 2.33. The van der Waals surface area contributed by atoms with Crippen molar-refractivity contribution in [1.82, 2.24) is 20.0 Å². The van der Waals surface area contributed by atoms with Crippen molar-refractivity contribution in [1.29, 1.82) is 0 Å². The quantitative estimate of drug-likeness (QED) is 0.714. The number of nitrogens with zero attached hydrogens (tertiary/aromatic N) is 3. The van der Waals surface area contributed by atoms with Gasteiger partial charge in [0.15, 0.2) is 5.69 Å². The molecule has 0 unspecified atom stereocenters. The van der Waals surface area contributed by atoms with Crippen LogP contribution in [0.4, 0.5) is 5.69 Å². The minimum atomic E-state index is -0.267. The van der Waals surface area contributed by atoms with Crippen molar-refractivity contribution in [2.24, 2.45) is 7.05 Å². The lowest BCUT2D eigenvalue weighted by Crippen LogP contribution is -2.12. The van der Waals surface area contributed by atoms with E-state index in [0.29, 0.717) is 5.69 Å². The molecule has 2 heterocycles. The van der Waals surface area contributed by atoms with Gasteiger partial charge in [0.25, 0.3) is 5.91 Å². The highest BCUT2D eigenvalue weighted by atomic mass is 16.2. The van der Waals surface area contributed by atoms with Crippen molar-refractivity contribution in [2.75, 3.05) is 5.32 Å². The second-order valence-electron chi connectivity index (χ2n) is 3.98. The minimum absolute atomic E-state index is 0.267. The Balaban J connectivity index is 1.92. The van der Waals surface area contributed by atoms with Gasteiger partial charge in [0.1, 0.15) is 0 Å². The highest BCUT2D eigenvalue weighted by Crippen LogP contribution is 2.22. The average Bonchev–Trinajstić information content (AvgIpc) is 2.97. The van der Waals surface area contributed by atoms with E-state index in [2.05, 4.69) is 20.6 Å². The number of aromatic nitrogens is 4. The topological polar surface area (TPSA) is 75.6 Å². The predicted octanol–water partition coefficient (Wildman–Crippen LogP) is 1.55. The fourth-order valence-electron chi connectivity index (χ4n) is 1.83. The lowest BCUT2D eigenvalue weighted by molar-refractivity contribution is 0.102. The van der Waals surface area contributed by atoms with E-state index in [-0.39, 0.29) is 5.91 Å². The van der Waals surface area contributed by atoms with E-state index in [1.54, 1.807) is 13.2 Å². The molecule has 0 atom stereocenters. The van der Waals surface area contributed by atoms with Crippen LogP contribution in [0.3, 0.4) is 0 Å². The van der Waals surface area contributed by atoms with Gasteiger partial charge in [-0.15, -0.1) is 5.10 Å². The number of benzene rings is 1. The summed E-state index contributed by atoms with van der Waals surface area (Å²) in [5.41, 5.74) is 2.03. The first-order valence-corrected chi connectivity index (χ1v) is 5.48. The normalized spacial score (nSPS) is 10.7. The van der Waals surface area contributed by atoms with Crippen molar-refractivity contribution in [3.05, 3.63) is 42.4 Å². The highest BCUT2D eigenvalue weighted by molar-refractivity contribution is 6.07. The SMILES string of the molecule is Cn1cc(C(=O)Nc2cccc3[nH]ccc23)nn1. The predicted molar refractivity (Wildman–Crippen MR) is 67.3 cm³/mol. The second kappa shape index (κ2) is 3.99. The Morgan fingerprint density at radius 2 is 2.28 bits per heavy atom. The molecule has 0 saturated heterocycles. The van der Waals surface area contributed by atoms with Crippen LogP contribution in [0.15, 0.2) is 36.7 Å². The number of H-pyrrole nitrogens is 1. The Morgan fingerprint density at radius 1 is 1.39 bits per heavy atom. The zero-order valence-corrected chi connectivity index (χ0v) is 9.71. The Bertz CT molecular complexity index is 712. The summed E-state index contributed by atoms with van der Waals surface area (Å²) in [6.07, 6.45) is 3.41. The number of aromatic amines is 1. The molecule has 0 bridgehead atoms. The Hall–Kier alpha value is -2.63. The van der Waals surface area contributed by atoms with Crippen LogP contribution >= 0.6 is 0 Å². The van der Waals surface area contributed by atoms with E-state index in [1.807, 2.05) is 30.5 Å². The van der Waals surface area contributed by atoms with Crippen LogP contribution in [0.2, 0.25) is 0 Å². The molecule has 2 aromatic heterocycles. The first kappa shape index (κ1) is 10.5. The van der Waals surface area contributed by atoms with Crippen LogP contribution in [0, 0.1) is 0 Å². The maximum absolute atomic E-state index is 12.0. The van der Waals surface area contributed by atoms with Gasteiger partial charge in [-0.05, 0) is 18.2 Å². The van der Waals surface area contributed by atoms with Crippen LogP contribution in [-0.2, 0) is 7.05 Å². The molecule has 1 amide bonds. The van der Waals surface area contributed by atoms with Gasteiger partial charge in [-0.2, -0.15) is 0 Å². The molecule has 3 rings (SSSR count). The summed E-state index contributed by atoms with van der Waals surface area (Å²) in [5.74, 6) is -0.267. The molecule has 1 aromatic carbocycles. The van der Waals surface area contributed by atoms with Crippen LogP contribution in [-0.4, -0.2) is 25.9 Å². The number of nitrogens with one attached hydrogen (secondary N) is 2. The number of anilines is 1. The largest absolute Gasteiger partial charge is 0.361 e. The van der Waals surface area contributed by atoms with E-state index in [4.69, 9.17) is 0 Å². The molecule has 3 aromatic rings. The van der Waals surface area contributed by atoms with Crippen molar-refractivity contribution in [2.45, 2.75) is 0 Å². The fourth-order valence-corrected chi connectivity index (χ4v) is 1.83. The number of hydrogen-bond acceptors (Lipinski definition) is 3. The van der Waals surface area contributed by atoms with Gasteiger partial charge in [0.05, 0.1) is 11.9 Å². The van der Waals surface area contributed by atoms with E-state index >= 15 is 0 Å². The number of rotatable bonds is 2. The summed E-state index contributed by atoms with van der Waals surface area (Å²) in [6.45, 7) is 0. The molecule has 0 aliphatic heterocycles. The number of carbonyl (C=O) groups is 1. The zero-order chi connectivity index (χ0) is 12.5. The van der Waals surface area contributed by atoms with Gasteiger partial charge >= 0.3 is 0 Å². The molecule has 0 aliphatic carbocycles. The molecular formula is C12H11N5O. The molecule has 90 valence electrons. The summed E-state index contributed by atoms with van der Waals surface area (Å²) >= 11 is 0. The number of fused-ring (bicyclic) bond motifs is 1. The highest BCUT2D eigenvalue weighted by Gasteiger charge is 2.11. The van der Waals surface area contributed by atoms with E-state index in [9.17, 15) is 4.79 Å². The van der Waals surface area contributed by atoms with Gasteiger partial charge in [0, 0.05) is 24.1 Å². The van der Waals surface area contributed by atoms with Gasteiger partial charge in [0.2, 0.25) is 0 Å². The molecule has 0 spiro atoms. The van der Waals surface area contributed by atoms with Gasteiger partial charge in [-0.25, -0.2) is 0 Å². The fraction of sp³-hybridized carbons (Fsp3) is 0.0833. The monoisotopic (exact) mass is 241 g/mol. The van der Waals surface area contributed by atoms with E-state index < -0.39 is 0 Å². The molecule has 0 saturated carbocycles. The minimum Gasteiger partial charge on any atom is -0.361 e. The maximum atomic E-state index is 12.0. The maximum Gasteiger partial charge on any atom is 0.277 e. The number of carbonyl (C=O) groups excluding carboxylic acids is 1. The molecule has 18 heavy (non-hydrogen) atoms. The second-order valence-corrected chi connectivity index (χ2v) is 3.98. The molecule has 0 fully saturated rings. The zero-order valence-electron chi connectivity index (χ0n) is 9.71. The van der Waals surface area contributed by atoms with E-state index in [0.717, 1.165) is 16.6 Å². The summed E-state index contributed by atoms with van der Waals surface area (Å²) in [6, 6.07) is 7.60. The van der Waals surface area contributed by atoms with Crippen LogP contribution in [0.25, 0.3) is 10.9 Å². The molecular weight excluding hydrogens is 230 g/mol. The van der Waals surface area contributed by atoms with Crippen molar-refractivity contribution in [3.8, 4) is 0 Å². The molecule has 2 N–H and O–H groups in total. The Labute approximate surface area is 103 Å². The molecule has 0 radical (unpaired) electrons. The third-order valence-corrected chi connectivity index (χ3v) is 2.68. The summed E-state index contributed by atoms with van der Waals surface area (Å²) in [4.78, 5) is 15.0. The third-order valence-electron chi connectivity index (χ3n) is 2.68. The average molecular weight is 241 g/mol. The van der Waals surface area contributed by atoms with Gasteiger partial charge in [-0.1, -0.05) is 11.3 Å². The Morgan fingerprint density at radius 3 is 3.06 bits per heavy atom. The van der Waals surface area contributed by atoms with E-state index in [1.165, 1.54) is 4.68 Å². The molecule has 0 aliphatic rings. The van der Waals surface area contributed by atoms with Gasteiger partial charge < -0.3 is 10.3 Å². The molecule has 6 heteroatoms. The van der Waals surface area contributed by atoms with Crippen LogP contribution in [0.1, 0.15) is 10.5 Å². The summed E-state index contributed by atoms with van der Waals surface area (Å²) < 4.78 is 1.49. The number of amides is 1. The first-order chi connectivity index (χ1) is 8.74. The third kappa shape index (κ3) is 1.73. The van der Waals surface area contributed by atoms with Crippen molar-refractivity contribution < 1.29 is 4.79 Å².